The first-order valence-electron chi connectivity index (χ1n) is 13.6. The molecule has 36 heavy (non-hydrogen) atoms. The maximum absolute atomic E-state index is 10.6. The average molecular weight is 525 g/mol. The van der Waals surface area contributed by atoms with Gasteiger partial charge >= 0.3 is 0 Å². The second kappa shape index (κ2) is 17.2. The molecule has 10 atom stereocenters. The molecule has 0 radical (unpaired) electrons. The van der Waals surface area contributed by atoms with Crippen LogP contribution >= 0.6 is 0 Å². The number of aliphatic hydroxyl groups is 7. The molecule has 2 aliphatic rings. The molecule has 0 aliphatic carbocycles. The molecule has 0 aromatic carbocycles. The van der Waals surface area contributed by atoms with Crippen LogP contribution in [0.1, 0.15) is 77.6 Å². The quantitative estimate of drug-likeness (QED) is 0.127. The summed E-state index contributed by atoms with van der Waals surface area (Å²) in [4.78, 5) is 0. The topological polar surface area (TPSA) is 179 Å². The van der Waals surface area contributed by atoms with Crippen molar-refractivity contribution in [1.82, 2.24) is 0 Å². The second-order valence-corrected chi connectivity index (χ2v) is 9.91. The molecule has 2 heterocycles. The zero-order valence-electron chi connectivity index (χ0n) is 21.4. The van der Waals surface area contributed by atoms with Gasteiger partial charge in [-0.05, 0) is 6.42 Å². The zero-order chi connectivity index (χ0) is 26.5. The standard InChI is InChI=1S/C25H48O11/c1-2-3-4-5-6-7-8-9-10-11-12-13-33-24-22(32)20(30)23(17(15-27)35-24)36-25-21(31)19(29)18(28)16(14-26)34-25/h16-32H,2-15H2,1H3/t16?,17?,18-,19+,20?,21?,22+,23-,24-,25-/m1/s1. The first-order chi connectivity index (χ1) is 17.3. The van der Waals surface area contributed by atoms with Crippen LogP contribution in [0, 0.1) is 0 Å². The summed E-state index contributed by atoms with van der Waals surface area (Å²) in [7, 11) is 0. The Bertz CT molecular complexity index is 564. The summed E-state index contributed by atoms with van der Waals surface area (Å²) in [6.07, 6.45) is -1.24. The molecule has 0 aromatic heterocycles. The summed E-state index contributed by atoms with van der Waals surface area (Å²) >= 11 is 0. The maximum Gasteiger partial charge on any atom is 0.187 e. The van der Waals surface area contributed by atoms with Crippen molar-refractivity contribution in [2.75, 3.05) is 19.8 Å². The predicted octanol–water partition coefficient (Wildman–Crippen LogP) is -0.0619. The third-order valence-corrected chi connectivity index (χ3v) is 6.99. The van der Waals surface area contributed by atoms with Crippen molar-refractivity contribution in [2.45, 2.75) is 139 Å². The molecule has 7 N–H and O–H groups in total. The van der Waals surface area contributed by atoms with E-state index >= 15 is 0 Å². The first kappa shape index (κ1) is 31.8. The molecule has 2 fully saturated rings. The predicted molar refractivity (Wildman–Crippen MR) is 129 cm³/mol. The third-order valence-electron chi connectivity index (χ3n) is 6.99. The fourth-order valence-corrected chi connectivity index (χ4v) is 4.66. The van der Waals surface area contributed by atoms with E-state index in [9.17, 15) is 35.7 Å². The fraction of sp³-hybridized carbons (Fsp3) is 1.00. The monoisotopic (exact) mass is 524 g/mol. The van der Waals surface area contributed by atoms with Crippen LogP contribution in [0.15, 0.2) is 0 Å². The molecule has 2 rings (SSSR count). The van der Waals surface area contributed by atoms with Crippen LogP contribution < -0.4 is 0 Å². The molecule has 0 aromatic rings. The van der Waals surface area contributed by atoms with Gasteiger partial charge in [-0.3, -0.25) is 0 Å². The van der Waals surface area contributed by atoms with Crippen LogP contribution in [0.2, 0.25) is 0 Å². The Morgan fingerprint density at radius 1 is 0.556 bits per heavy atom. The Kier molecular flexibility index (Phi) is 15.2. The van der Waals surface area contributed by atoms with Crippen LogP contribution in [0.25, 0.3) is 0 Å². The summed E-state index contributed by atoms with van der Waals surface area (Å²) in [5, 5.41) is 70.2. The summed E-state index contributed by atoms with van der Waals surface area (Å²) in [5.41, 5.74) is 0. The van der Waals surface area contributed by atoms with E-state index in [1.54, 1.807) is 0 Å². The molecule has 2 aliphatic heterocycles. The lowest BCUT2D eigenvalue weighted by Gasteiger charge is -2.45. The minimum atomic E-state index is -1.69. The molecule has 0 bridgehead atoms. The highest BCUT2D eigenvalue weighted by Gasteiger charge is 2.50. The Morgan fingerprint density at radius 3 is 1.61 bits per heavy atom. The molecule has 0 spiro atoms. The number of ether oxygens (including phenoxy) is 4. The minimum absolute atomic E-state index is 0.321. The van der Waals surface area contributed by atoms with Crippen LogP contribution in [0.4, 0.5) is 0 Å². The number of hydrogen-bond acceptors (Lipinski definition) is 11. The summed E-state index contributed by atoms with van der Waals surface area (Å²) in [6, 6.07) is 0. The number of aliphatic hydroxyl groups excluding tert-OH is 7. The third kappa shape index (κ3) is 9.39. The van der Waals surface area contributed by atoms with Crippen molar-refractivity contribution < 1.29 is 54.7 Å². The lowest BCUT2D eigenvalue weighted by atomic mass is 9.97. The van der Waals surface area contributed by atoms with E-state index < -0.39 is 74.6 Å². The Hall–Kier alpha value is -0.440. The normalized spacial score (nSPS) is 37.3. The SMILES string of the molecule is CCCCCCCCCCCCCO[C@@H]1OC(CO)[C@@H](O[C@H]2OC(CO)[C@@H](O)[C@H](O)C2O)C(O)[C@@H]1O. The van der Waals surface area contributed by atoms with Gasteiger partial charge in [-0.2, -0.15) is 0 Å². The lowest BCUT2D eigenvalue weighted by molar-refractivity contribution is -0.359. The molecule has 11 heteroatoms. The van der Waals surface area contributed by atoms with E-state index in [1.165, 1.54) is 51.4 Å². The van der Waals surface area contributed by atoms with Crippen molar-refractivity contribution in [1.29, 1.82) is 0 Å². The zero-order valence-corrected chi connectivity index (χ0v) is 21.4. The molecular weight excluding hydrogens is 476 g/mol. The van der Waals surface area contributed by atoms with E-state index in [0.29, 0.717) is 6.61 Å². The molecule has 11 nitrogen and oxygen atoms in total. The van der Waals surface area contributed by atoms with Gasteiger partial charge in [-0.25, -0.2) is 0 Å². The van der Waals surface area contributed by atoms with E-state index in [-0.39, 0.29) is 0 Å². The van der Waals surface area contributed by atoms with Gasteiger partial charge in [-0.15, -0.1) is 0 Å². The van der Waals surface area contributed by atoms with Gasteiger partial charge in [0, 0.05) is 6.61 Å². The van der Waals surface area contributed by atoms with Crippen molar-refractivity contribution in [2.24, 2.45) is 0 Å². The molecule has 214 valence electrons. The largest absolute Gasteiger partial charge is 0.394 e. The lowest BCUT2D eigenvalue weighted by Crippen LogP contribution is -2.64. The molecule has 4 unspecified atom stereocenters. The van der Waals surface area contributed by atoms with E-state index in [4.69, 9.17) is 18.9 Å². The van der Waals surface area contributed by atoms with Gasteiger partial charge in [-0.1, -0.05) is 71.1 Å². The van der Waals surface area contributed by atoms with E-state index in [0.717, 1.165) is 19.3 Å². The Labute approximate surface area is 214 Å². The van der Waals surface area contributed by atoms with Gasteiger partial charge in [0.1, 0.15) is 48.8 Å². The Morgan fingerprint density at radius 2 is 1.06 bits per heavy atom. The highest BCUT2D eigenvalue weighted by Crippen LogP contribution is 2.29. The molecular formula is C25H48O11. The minimum Gasteiger partial charge on any atom is -0.394 e. The highest BCUT2D eigenvalue weighted by molar-refractivity contribution is 4.94. The molecule has 0 saturated carbocycles. The van der Waals surface area contributed by atoms with Crippen molar-refractivity contribution >= 4 is 0 Å². The summed E-state index contributed by atoms with van der Waals surface area (Å²) in [5.74, 6) is 0. The highest BCUT2D eigenvalue weighted by atomic mass is 16.7. The van der Waals surface area contributed by atoms with Gasteiger partial charge in [0.25, 0.3) is 0 Å². The first-order valence-corrected chi connectivity index (χ1v) is 13.6. The van der Waals surface area contributed by atoms with Crippen molar-refractivity contribution in [3.05, 3.63) is 0 Å². The summed E-state index contributed by atoms with van der Waals surface area (Å²) in [6.45, 7) is 1.32. The summed E-state index contributed by atoms with van der Waals surface area (Å²) < 4.78 is 22.1. The molecule has 0 amide bonds. The van der Waals surface area contributed by atoms with E-state index in [1.807, 2.05) is 0 Å². The molecule has 2 saturated heterocycles. The number of unbranched alkanes of at least 4 members (excludes halogenated alkanes) is 10. The van der Waals surface area contributed by atoms with Crippen LogP contribution in [-0.4, -0.2) is 117 Å². The number of rotatable bonds is 17. The average Bonchev–Trinajstić information content (AvgIpc) is 2.88. The van der Waals surface area contributed by atoms with Gasteiger partial charge < -0.3 is 54.7 Å². The smallest absolute Gasteiger partial charge is 0.187 e. The van der Waals surface area contributed by atoms with E-state index in [2.05, 4.69) is 6.92 Å². The maximum atomic E-state index is 10.6. The van der Waals surface area contributed by atoms with Crippen LogP contribution in [0.3, 0.4) is 0 Å². The van der Waals surface area contributed by atoms with Crippen LogP contribution in [-0.2, 0) is 18.9 Å². The number of hydrogen-bond donors (Lipinski definition) is 7. The van der Waals surface area contributed by atoms with Gasteiger partial charge in [0.2, 0.25) is 0 Å². The van der Waals surface area contributed by atoms with Gasteiger partial charge in [0.05, 0.1) is 13.2 Å². The van der Waals surface area contributed by atoms with Gasteiger partial charge in [0.15, 0.2) is 12.6 Å². The van der Waals surface area contributed by atoms with Crippen molar-refractivity contribution in [3.63, 3.8) is 0 Å². The van der Waals surface area contributed by atoms with Crippen molar-refractivity contribution in [3.8, 4) is 0 Å². The fourth-order valence-electron chi connectivity index (χ4n) is 4.66. The van der Waals surface area contributed by atoms with Crippen LogP contribution in [0.5, 0.6) is 0 Å². The Balaban J connectivity index is 1.71. The second-order valence-electron chi connectivity index (χ2n) is 9.91.